The molecule has 2 fully saturated rings. The average Bonchev–Trinajstić information content (AvgIpc) is 3.06. The van der Waals surface area contributed by atoms with E-state index in [2.05, 4.69) is 16.0 Å². The molecule has 0 spiro atoms. The fourth-order valence-electron chi connectivity index (χ4n) is 7.07. The van der Waals surface area contributed by atoms with Gasteiger partial charge in [-0.25, -0.2) is 14.4 Å². The van der Waals surface area contributed by atoms with Gasteiger partial charge in [0.2, 0.25) is 11.8 Å². The third-order valence-corrected chi connectivity index (χ3v) is 9.99. The Morgan fingerprint density at radius 3 is 2.12 bits per heavy atom. The monoisotopic (exact) mass is 722 g/mol. The maximum atomic E-state index is 14.2. The van der Waals surface area contributed by atoms with Crippen LogP contribution in [0.4, 0.5) is 9.59 Å². The Kier molecular flexibility index (Phi) is 13.2. The summed E-state index contributed by atoms with van der Waals surface area (Å²) in [7, 11) is 0. The molecule has 1 saturated carbocycles. The van der Waals surface area contributed by atoms with Gasteiger partial charge in [-0.1, -0.05) is 42.5 Å². The highest BCUT2D eigenvalue weighted by atomic mass is 16.6. The molecule has 4 amide bonds. The van der Waals surface area contributed by atoms with Crippen molar-refractivity contribution < 1.29 is 38.6 Å². The maximum absolute atomic E-state index is 14.2. The molecule has 0 aromatic heterocycles. The summed E-state index contributed by atoms with van der Waals surface area (Å²) in [4.78, 5) is 66.7. The number of allylic oxidation sites excluding steroid dienone is 3. The van der Waals surface area contributed by atoms with Gasteiger partial charge in [0.25, 0.3) is 0 Å². The fraction of sp³-hybridized carbons (Fsp3) is 0.625. The van der Waals surface area contributed by atoms with Crippen LogP contribution in [-0.4, -0.2) is 82.9 Å². The molecule has 1 heterocycles. The van der Waals surface area contributed by atoms with Crippen LogP contribution in [0.25, 0.3) is 5.57 Å². The SMILES string of the molecule is Cc1ccccc1C1=CCC(C[C@H](NC(=O)[C@H]2CC[C@H](CNC(=O)OC(C)(C)C)CC2)C(=O)O)(C(=O)NC2CCN(C(=O)OC(C)(C)C)CC2)C=C1. The second-order valence-corrected chi connectivity index (χ2v) is 16.6. The Labute approximate surface area is 308 Å². The summed E-state index contributed by atoms with van der Waals surface area (Å²) < 4.78 is 10.8. The molecule has 286 valence electrons. The number of hydrogen-bond acceptors (Lipinski definition) is 7. The number of nitrogens with one attached hydrogen (secondary N) is 3. The van der Waals surface area contributed by atoms with Crippen LogP contribution in [0.5, 0.6) is 0 Å². The fourth-order valence-corrected chi connectivity index (χ4v) is 7.07. The van der Waals surface area contributed by atoms with E-state index in [1.165, 1.54) is 0 Å². The number of nitrogens with zero attached hydrogens (tertiary/aromatic N) is 1. The molecule has 12 heteroatoms. The predicted molar refractivity (Wildman–Crippen MR) is 198 cm³/mol. The molecule has 4 rings (SSSR count). The number of likely N-dealkylation sites (tertiary alicyclic amines) is 1. The summed E-state index contributed by atoms with van der Waals surface area (Å²) in [5, 5.41) is 19.1. The van der Waals surface area contributed by atoms with E-state index in [4.69, 9.17) is 9.47 Å². The molecule has 4 N–H and O–H groups in total. The Balaban J connectivity index is 1.42. The summed E-state index contributed by atoms with van der Waals surface area (Å²) in [6, 6.07) is 6.44. The molecular formula is C40H58N4O8. The molecule has 0 radical (unpaired) electrons. The summed E-state index contributed by atoms with van der Waals surface area (Å²) >= 11 is 0. The minimum absolute atomic E-state index is 0.125. The number of aliphatic carboxylic acids is 1. The molecule has 52 heavy (non-hydrogen) atoms. The number of alkyl carbamates (subject to hydrolysis) is 1. The molecule has 1 saturated heterocycles. The third kappa shape index (κ3) is 11.6. The van der Waals surface area contributed by atoms with Gasteiger partial charge in [0.15, 0.2) is 0 Å². The second-order valence-electron chi connectivity index (χ2n) is 16.6. The summed E-state index contributed by atoms with van der Waals surface area (Å²) in [6.45, 7) is 14.2. The van der Waals surface area contributed by atoms with Gasteiger partial charge in [-0.15, -0.1) is 0 Å². The lowest BCUT2D eigenvalue weighted by molar-refractivity contribution is -0.144. The Morgan fingerprint density at radius 1 is 0.923 bits per heavy atom. The first kappa shape index (κ1) is 40.4. The molecule has 2 aliphatic carbocycles. The van der Waals surface area contributed by atoms with Gasteiger partial charge in [0, 0.05) is 31.6 Å². The van der Waals surface area contributed by atoms with Crippen LogP contribution in [-0.2, 0) is 23.9 Å². The smallest absolute Gasteiger partial charge is 0.410 e. The summed E-state index contributed by atoms with van der Waals surface area (Å²) in [5.41, 5.74) is 0.633. The van der Waals surface area contributed by atoms with Crippen molar-refractivity contribution >= 4 is 35.5 Å². The zero-order chi connectivity index (χ0) is 38.3. The standard InChI is InChI=1S/C40H58N4O8/c1-26-10-8-9-11-31(26)28-16-20-40(21-17-28,35(48)42-30-18-22-44(23-19-30)37(50)52-39(5,6)7)24-32(34(46)47)43-33(45)29-14-12-27(13-15-29)25-41-36(49)51-38(2,3)4/h8-11,16-17,20,27,29-30,32H,12-15,18-19,21-25H2,1-7H3,(H,41,49)(H,42,48)(H,43,45)(H,46,47)/t27-,29-,32-,40?/m0/s1. The minimum atomic E-state index is -1.29. The first-order chi connectivity index (χ1) is 24.3. The second kappa shape index (κ2) is 17.0. The van der Waals surface area contributed by atoms with Gasteiger partial charge in [0.1, 0.15) is 17.2 Å². The van der Waals surface area contributed by atoms with Crippen molar-refractivity contribution in [2.45, 2.75) is 123 Å². The van der Waals surface area contributed by atoms with E-state index >= 15 is 0 Å². The number of hydrogen-bond donors (Lipinski definition) is 4. The van der Waals surface area contributed by atoms with Gasteiger partial charge < -0.3 is 35.4 Å². The van der Waals surface area contributed by atoms with Crippen molar-refractivity contribution in [1.29, 1.82) is 0 Å². The Hall–Kier alpha value is -4.35. The number of ether oxygens (including phenoxy) is 2. The topological polar surface area (TPSA) is 163 Å². The molecule has 0 bridgehead atoms. The van der Waals surface area contributed by atoms with Gasteiger partial charge >= 0.3 is 18.2 Å². The van der Waals surface area contributed by atoms with Crippen LogP contribution in [0.2, 0.25) is 0 Å². The van der Waals surface area contributed by atoms with E-state index in [0.717, 1.165) is 16.7 Å². The van der Waals surface area contributed by atoms with Crippen LogP contribution in [0.1, 0.15) is 104 Å². The Bertz CT molecular complexity index is 1520. The summed E-state index contributed by atoms with van der Waals surface area (Å²) in [5.74, 6) is -2.03. The number of piperidine rings is 1. The van der Waals surface area contributed by atoms with E-state index in [0.29, 0.717) is 58.2 Å². The van der Waals surface area contributed by atoms with E-state index in [1.54, 1.807) is 31.7 Å². The minimum Gasteiger partial charge on any atom is -0.480 e. The average molecular weight is 723 g/mol. The van der Waals surface area contributed by atoms with Crippen LogP contribution in [0.15, 0.2) is 42.5 Å². The first-order valence-electron chi connectivity index (χ1n) is 18.6. The molecular weight excluding hydrogens is 664 g/mol. The molecule has 3 aliphatic rings. The van der Waals surface area contributed by atoms with Crippen molar-refractivity contribution in [3.63, 3.8) is 0 Å². The molecule has 1 unspecified atom stereocenters. The van der Waals surface area contributed by atoms with Crippen molar-refractivity contribution in [2.24, 2.45) is 17.3 Å². The van der Waals surface area contributed by atoms with Crippen LogP contribution >= 0.6 is 0 Å². The largest absolute Gasteiger partial charge is 0.480 e. The van der Waals surface area contributed by atoms with E-state index in [1.807, 2.05) is 64.1 Å². The molecule has 1 aromatic rings. The van der Waals surface area contributed by atoms with E-state index < -0.39 is 34.7 Å². The van der Waals surface area contributed by atoms with Crippen LogP contribution in [0, 0.1) is 24.2 Å². The van der Waals surface area contributed by atoms with Gasteiger partial charge in [-0.05, 0) is 122 Å². The number of carbonyl (C=O) groups is 5. The van der Waals surface area contributed by atoms with Crippen molar-refractivity contribution in [3.8, 4) is 0 Å². The van der Waals surface area contributed by atoms with Crippen LogP contribution < -0.4 is 16.0 Å². The lowest BCUT2D eigenvalue weighted by Gasteiger charge is -2.38. The number of carboxylic acid groups (broad SMARTS) is 1. The molecule has 1 aromatic carbocycles. The first-order valence-corrected chi connectivity index (χ1v) is 18.6. The van der Waals surface area contributed by atoms with Crippen LogP contribution in [0.3, 0.4) is 0 Å². The van der Waals surface area contributed by atoms with E-state index in [-0.39, 0.29) is 48.6 Å². The zero-order valence-electron chi connectivity index (χ0n) is 31.9. The third-order valence-electron chi connectivity index (χ3n) is 9.99. The highest BCUT2D eigenvalue weighted by Gasteiger charge is 2.43. The van der Waals surface area contributed by atoms with Gasteiger partial charge in [-0.2, -0.15) is 0 Å². The number of carbonyl (C=O) groups excluding carboxylic acids is 4. The Morgan fingerprint density at radius 2 is 1.56 bits per heavy atom. The highest BCUT2D eigenvalue weighted by molar-refractivity contribution is 5.91. The number of benzene rings is 1. The maximum Gasteiger partial charge on any atom is 0.410 e. The normalized spacial score (nSPS) is 23.1. The number of aryl methyl sites for hydroxylation is 1. The highest BCUT2D eigenvalue weighted by Crippen LogP contribution is 2.39. The van der Waals surface area contributed by atoms with Crippen molar-refractivity contribution in [2.75, 3.05) is 19.6 Å². The quantitative estimate of drug-likeness (QED) is 0.224. The number of carboxylic acids is 1. The summed E-state index contributed by atoms with van der Waals surface area (Å²) in [6.07, 6.45) is 8.53. The van der Waals surface area contributed by atoms with Crippen molar-refractivity contribution in [3.05, 3.63) is 53.6 Å². The van der Waals surface area contributed by atoms with Gasteiger partial charge in [-0.3, -0.25) is 9.59 Å². The lowest BCUT2D eigenvalue weighted by atomic mass is 9.73. The predicted octanol–water partition coefficient (Wildman–Crippen LogP) is 6.13. The molecule has 1 aliphatic heterocycles. The number of rotatable bonds is 10. The molecule has 2 atom stereocenters. The lowest BCUT2D eigenvalue weighted by Crippen LogP contribution is -2.53. The van der Waals surface area contributed by atoms with E-state index in [9.17, 15) is 29.1 Å². The zero-order valence-corrected chi connectivity index (χ0v) is 31.9. The van der Waals surface area contributed by atoms with Crippen molar-refractivity contribution in [1.82, 2.24) is 20.9 Å². The van der Waals surface area contributed by atoms with Gasteiger partial charge in [0.05, 0.1) is 5.41 Å². The number of amides is 4. The molecule has 12 nitrogen and oxygen atoms in total.